The van der Waals surface area contributed by atoms with E-state index in [1.807, 2.05) is 13.8 Å². The molecule has 0 spiro atoms. The molecule has 0 aliphatic rings. The van der Waals surface area contributed by atoms with Crippen molar-refractivity contribution in [1.82, 2.24) is 19.8 Å². The predicted octanol–water partition coefficient (Wildman–Crippen LogP) is 0.917. The fourth-order valence-electron chi connectivity index (χ4n) is 1.47. The van der Waals surface area contributed by atoms with Crippen LogP contribution in [0.3, 0.4) is 0 Å². The summed E-state index contributed by atoms with van der Waals surface area (Å²) in [4.78, 5) is 24.1. The van der Waals surface area contributed by atoms with E-state index in [0.717, 1.165) is 4.68 Å². The van der Waals surface area contributed by atoms with Crippen LogP contribution in [0.5, 0.6) is 0 Å². The number of rotatable bonds is 4. The first kappa shape index (κ1) is 15.6. The van der Waals surface area contributed by atoms with Gasteiger partial charge in [0.05, 0.1) is 0 Å². The van der Waals surface area contributed by atoms with Crippen LogP contribution in [0.15, 0.2) is 4.79 Å². The van der Waals surface area contributed by atoms with E-state index in [2.05, 4.69) is 15.8 Å². The first-order valence-corrected chi connectivity index (χ1v) is 6.55. The number of carbonyl (C=O) groups is 1. The summed E-state index contributed by atoms with van der Waals surface area (Å²) in [5.74, 6) is 0.735. The van der Waals surface area contributed by atoms with Gasteiger partial charge in [0, 0.05) is 24.4 Å². The fraction of sp³-hybridized carbons (Fsp3) is 0.727. The molecule has 0 aliphatic heterocycles. The molecule has 0 bridgehead atoms. The van der Waals surface area contributed by atoms with Gasteiger partial charge in [-0.05, 0) is 13.8 Å². The lowest BCUT2D eigenvalue weighted by Gasteiger charge is -2.22. The van der Waals surface area contributed by atoms with Crippen LogP contribution >= 0.6 is 11.6 Å². The first-order chi connectivity index (χ1) is 8.73. The number of halogens is 1. The highest BCUT2D eigenvalue weighted by atomic mass is 35.5. The highest BCUT2D eigenvalue weighted by molar-refractivity contribution is 6.18. The Kier molecular flexibility index (Phi) is 4.62. The average molecular weight is 290 g/mol. The van der Waals surface area contributed by atoms with Crippen LogP contribution in [0.1, 0.15) is 39.4 Å². The second-order valence-electron chi connectivity index (χ2n) is 5.21. The number of nitrogens with zero attached hydrogens (tertiary/aromatic N) is 3. The van der Waals surface area contributed by atoms with E-state index in [0.29, 0.717) is 5.82 Å². The van der Waals surface area contributed by atoms with Crippen LogP contribution in [0.2, 0.25) is 0 Å². The van der Waals surface area contributed by atoms with Crippen LogP contribution in [-0.2, 0) is 0 Å². The number of carbonyl (C=O) groups excluding carboxylic acids is 1. The number of alkyl halides is 1. The quantitative estimate of drug-likeness (QED) is 0.808. The highest BCUT2D eigenvalue weighted by Crippen LogP contribution is 2.08. The molecule has 8 heteroatoms. The smallest absolute Gasteiger partial charge is 0.330 e. The maximum Gasteiger partial charge on any atom is 0.373 e. The van der Waals surface area contributed by atoms with Gasteiger partial charge in [0.15, 0.2) is 5.82 Å². The van der Waals surface area contributed by atoms with Gasteiger partial charge in [0.1, 0.15) is 0 Å². The molecule has 0 saturated heterocycles. The number of amides is 1. The van der Waals surface area contributed by atoms with Gasteiger partial charge in [-0.2, -0.15) is 4.68 Å². The van der Waals surface area contributed by atoms with Gasteiger partial charge in [0.2, 0.25) is 0 Å². The Hall–Kier alpha value is -1.50. The monoisotopic (exact) mass is 289 g/mol. The van der Waals surface area contributed by atoms with E-state index in [-0.39, 0.29) is 11.8 Å². The minimum absolute atomic E-state index is 0.00948. The summed E-state index contributed by atoms with van der Waals surface area (Å²) >= 11 is 5.74. The van der Waals surface area contributed by atoms with Crippen LogP contribution in [0.4, 0.5) is 4.79 Å². The van der Waals surface area contributed by atoms with E-state index < -0.39 is 17.3 Å². The Bertz CT molecular complexity index is 518. The maximum absolute atomic E-state index is 12.0. The minimum atomic E-state index is -0.612. The lowest BCUT2D eigenvalue weighted by molar-refractivity contribution is 0.230. The summed E-state index contributed by atoms with van der Waals surface area (Å²) in [6, 6.07) is -0.591. The van der Waals surface area contributed by atoms with Gasteiger partial charge in [0.25, 0.3) is 0 Å². The Morgan fingerprint density at radius 3 is 2.42 bits per heavy atom. The second kappa shape index (κ2) is 5.64. The highest BCUT2D eigenvalue weighted by Gasteiger charge is 2.24. The standard InChI is InChI=1S/C11H20ClN5O2/c1-7(2)8-15-17(10(19)16(8)13-5)9(18)14-11(3,4)6-12/h7,13H,6H2,1-5H3,(H,14,18). The summed E-state index contributed by atoms with van der Waals surface area (Å²) in [5.41, 5.74) is 1.57. The predicted molar refractivity (Wildman–Crippen MR) is 74.6 cm³/mol. The Balaban J connectivity index is 3.15. The normalized spacial score (nSPS) is 11.7. The summed E-state index contributed by atoms with van der Waals surface area (Å²) in [7, 11) is 1.60. The van der Waals surface area contributed by atoms with Crippen molar-refractivity contribution in [1.29, 1.82) is 0 Å². The Morgan fingerprint density at radius 2 is 2.05 bits per heavy atom. The van der Waals surface area contributed by atoms with E-state index in [1.54, 1.807) is 20.9 Å². The molecule has 1 amide bonds. The van der Waals surface area contributed by atoms with Crippen LogP contribution in [0, 0.1) is 0 Å². The molecule has 1 aromatic heterocycles. The van der Waals surface area contributed by atoms with E-state index in [4.69, 9.17) is 11.6 Å². The molecule has 0 saturated carbocycles. The van der Waals surface area contributed by atoms with Crippen molar-refractivity contribution in [3.05, 3.63) is 16.3 Å². The number of hydrogen-bond acceptors (Lipinski definition) is 4. The van der Waals surface area contributed by atoms with Crippen molar-refractivity contribution in [3.63, 3.8) is 0 Å². The number of nitrogens with one attached hydrogen (secondary N) is 2. The van der Waals surface area contributed by atoms with E-state index in [1.165, 1.54) is 4.68 Å². The summed E-state index contributed by atoms with van der Waals surface area (Å²) < 4.78 is 2.05. The Morgan fingerprint density at radius 1 is 1.47 bits per heavy atom. The zero-order valence-electron chi connectivity index (χ0n) is 11.8. The van der Waals surface area contributed by atoms with Gasteiger partial charge in [-0.25, -0.2) is 9.59 Å². The SMILES string of the molecule is CNn1c(C(C)C)nn(C(=O)NC(C)(C)CCl)c1=O. The third kappa shape index (κ3) is 3.28. The summed E-state index contributed by atoms with van der Waals surface area (Å²) in [5, 5.41) is 6.70. The molecule has 0 radical (unpaired) electrons. The van der Waals surface area contributed by atoms with Gasteiger partial charge < -0.3 is 10.7 Å². The van der Waals surface area contributed by atoms with Crippen LogP contribution < -0.4 is 16.4 Å². The molecular weight excluding hydrogens is 270 g/mol. The molecule has 0 aromatic carbocycles. The van der Waals surface area contributed by atoms with Crippen molar-refractivity contribution in [2.75, 3.05) is 18.4 Å². The molecule has 19 heavy (non-hydrogen) atoms. The van der Waals surface area contributed by atoms with Crippen molar-refractivity contribution < 1.29 is 4.79 Å². The maximum atomic E-state index is 12.0. The van der Waals surface area contributed by atoms with Crippen molar-refractivity contribution in [3.8, 4) is 0 Å². The van der Waals surface area contributed by atoms with E-state index >= 15 is 0 Å². The van der Waals surface area contributed by atoms with Crippen molar-refractivity contribution in [2.45, 2.75) is 39.2 Å². The molecule has 1 heterocycles. The second-order valence-corrected chi connectivity index (χ2v) is 5.48. The summed E-state index contributed by atoms with van der Waals surface area (Å²) in [6.07, 6.45) is 0. The zero-order chi connectivity index (χ0) is 14.8. The third-order valence-electron chi connectivity index (χ3n) is 2.52. The van der Waals surface area contributed by atoms with Gasteiger partial charge in [-0.15, -0.1) is 21.4 Å². The third-order valence-corrected chi connectivity index (χ3v) is 3.18. The number of hydrogen-bond donors (Lipinski definition) is 2. The molecule has 0 aliphatic carbocycles. The topological polar surface area (TPSA) is 81.0 Å². The lowest BCUT2D eigenvalue weighted by atomic mass is 10.1. The Labute approximate surface area is 116 Å². The molecule has 7 nitrogen and oxygen atoms in total. The molecule has 2 N–H and O–H groups in total. The van der Waals surface area contributed by atoms with E-state index in [9.17, 15) is 9.59 Å². The molecular formula is C11H20ClN5O2. The molecule has 0 unspecified atom stereocenters. The van der Waals surface area contributed by atoms with Crippen molar-refractivity contribution in [2.24, 2.45) is 0 Å². The molecule has 1 aromatic rings. The first-order valence-electron chi connectivity index (χ1n) is 6.01. The minimum Gasteiger partial charge on any atom is -0.330 e. The summed E-state index contributed by atoms with van der Waals surface area (Å²) in [6.45, 7) is 7.31. The van der Waals surface area contributed by atoms with Crippen LogP contribution in [-0.4, -0.2) is 39.0 Å². The van der Waals surface area contributed by atoms with Gasteiger partial charge in [-0.1, -0.05) is 13.8 Å². The molecule has 108 valence electrons. The van der Waals surface area contributed by atoms with Crippen molar-refractivity contribution >= 4 is 17.6 Å². The lowest BCUT2D eigenvalue weighted by Crippen LogP contribution is -2.49. The largest absolute Gasteiger partial charge is 0.373 e. The molecule has 0 fully saturated rings. The van der Waals surface area contributed by atoms with Gasteiger partial charge >= 0.3 is 11.7 Å². The van der Waals surface area contributed by atoms with Crippen LogP contribution in [0.25, 0.3) is 0 Å². The average Bonchev–Trinajstić information content (AvgIpc) is 2.65. The number of aromatic nitrogens is 3. The van der Waals surface area contributed by atoms with Gasteiger partial charge in [-0.3, -0.25) is 0 Å². The fourth-order valence-corrected chi connectivity index (χ4v) is 1.54. The molecule has 1 rings (SSSR count). The molecule has 0 atom stereocenters. The zero-order valence-corrected chi connectivity index (χ0v) is 12.6.